The monoisotopic (exact) mass is 491 g/mol. The van der Waals surface area contributed by atoms with Crippen LogP contribution in [0.3, 0.4) is 0 Å². The first-order valence-corrected chi connectivity index (χ1v) is 8.43. The molecule has 0 unspecified atom stereocenters. The predicted molar refractivity (Wildman–Crippen MR) is 118 cm³/mol. The molecule has 0 radical (unpaired) electrons. The van der Waals surface area contributed by atoms with Crippen molar-refractivity contribution in [2.24, 2.45) is 4.99 Å². The molecule has 0 aliphatic carbocycles. The molecular formula is C18H30IN5O3. The maximum absolute atomic E-state index is 12.1. The van der Waals surface area contributed by atoms with Gasteiger partial charge in [-0.1, -0.05) is 6.07 Å². The number of methoxy groups -OCH3 is 1. The third-order valence-corrected chi connectivity index (χ3v) is 3.19. The molecule has 1 aromatic rings. The summed E-state index contributed by atoms with van der Waals surface area (Å²) in [6.45, 7) is 6.75. The maximum Gasteiger partial charge on any atom is 0.251 e. The van der Waals surface area contributed by atoms with E-state index in [2.05, 4.69) is 26.3 Å². The Hall–Kier alpha value is -2.04. The van der Waals surface area contributed by atoms with Crippen molar-refractivity contribution in [2.75, 3.05) is 33.8 Å². The predicted octanol–water partition coefficient (Wildman–Crippen LogP) is 1.12. The van der Waals surface area contributed by atoms with Crippen molar-refractivity contribution in [1.29, 1.82) is 0 Å². The maximum atomic E-state index is 12.1. The molecule has 0 saturated carbocycles. The minimum Gasteiger partial charge on any atom is -0.497 e. The molecule has 152 valence electrons. The van der Waals surface area contributed by atoms with Crippen molar-refractivity contribution in [3.8, 4) is 5.75 Å². The molecule has 0 aromatic heterocycles. The number of carbonyl (C=O) groups is 2. The molecule has 27 heavy (non-hydrogen) atoms. The lowest BCUT2D eigenvalue weighted by Gasteiger charge is -2.21. The number of benzene rings is 1. The van der Waals surface area contributed by atoms with Gasteiger partial charge in [-0.3, -0.25) is 14.6 Å². The summed E-state index contributed by atoms with van der Waals surface area (Å²) in [4.78, 5) is 27.9. The van der Waals surface area contributed by atoms with Crippen LogP contribution >= 0.6 is 24.0 Å². The van der Waals surface area contributed by atoms with Gasteiger partial charge in [0.1, 0.15) is 5.75 Å². The topological polar surface area (TPSA) is 104 Å². The van der Waals surface area contributed by atoms with E-state index in [1.165, 1.54) is 0 Å². The highest BCUT2D eigenvalue weighted by Crippen LogP contribution is 2.12. The van der Waals surface area contributed by atoms with E-state index in [1.807, 2.05) is 20.8 Å². The molecule has 0 fully saturated rings. The summed E-state index contributed by atoms with van der Waals surface area (Å²) in [5, 5.41) is 11.6. The molecule has 0 atom stereocenters. The second kappa shape index (κ2) is 12.4. The Morgan fingerprint density at radius 2 is 1.78 bits per heavy atom. The highest BCUT2D eigenvalue weighted by molar-refractivity contribution is 14.0. The minimum absolute atomic E-state index is 0. The Morgan fingerprint density at radius 3 is 2.37 bits per heavy atom. The second-order valence-corrected chi connectivity index (χ2v) is 6.64. The Morgan fingerprint density at radius 1 is 1.11 bits per heavy atom. The standard InChI is InChI=1S/C18H29N5O3.HI/c1-18(2,3)23-15(24)12-22-17(19-4)21-10-9-20-16(25)13-7-6-8-14(11-13)26-5;/h6-8,11H,9-10,12H2,1-5H3,(H,20,25)(H,23,24)(H2,19,21,22);1H. The molecule has 8 nitrogen and oxygen atoms in total. The Bertz CT molecular complexity index is 644. The summed E-state index contributed by atoms with van der Waals surface area (Å²) in [5.41, 5.74) is 0.255. The smallest absolute Gasteiger partial charge is 0.251 e. The second-order valence-electron chi connectivity index (χ2n) is 6.64. The number of nitrogens with zero attached hydrogens (tertiary/aromatic N) is 1. The lowest BCUT2D eigenvalue weighted by atomic mass is 10.1. The van der Waals surface area contributed by atoms with E-state index in [4.69, 9.17) is 4.74 Å². The minimum atomic E-state index is -0.278. The van der Waals surface area contributed by atoms with Gasteiger partial charge in [0, 0.05) is 31.2 Å². The van der Waals surface area contributed by atoms with Crippen LogP contribution in [0.4, 0.5) is 0 Å². The van der Waals surface area contributed by atoms with Crippen LogP contribution in [0, 0.1) is 0 Å². The van der Waals surface area contributed by atoms with Gasteiger partial charge in [-0.05, 0) is 39.0 Å². The summed E-state index contributed by atoms with van der Waals surface area (Å²) in [6.07, 6.45) is 0. The number of carbonyl (C=O) groups excluding carboxylic acids is 2. The number of ether oxygens (including phenoxy) is 1. The van der Waals surface area contributed by atoms with Gasteiger partial charge >= 0.3 is 0 Å². The number of halogens is 1. The van der Waals surface area contributed by atoms with E-state index < -0.39 is 0 Å². The van der Waals surface area contributed by atoms with Crippen molar-refractivity contribution in [3.63, 3.8) is 0 Å². The van der Waals surface area contributed by atoms with E-state index in [1.54, 1.807) is 38.4 Å². The molecule has 0 aliphatic rings. The van der Waals surface area contributed by atoms with Crippen molar-refractivity contribution in [1.82, 2.24) is 21.3 Å². The van der Waals surface area contributed by atoms with Gasteiger partial charge in [0.05, 0.1) is 13.7 Å². The van der Waals surface area contributed by atoms with Gasteiger partial charge in [0.15, 0.2) is 5.96 Å². The van der Waals surface area contributed by atoms with Gasteiger partial charge in [0.2, 0.25) is 5.91 Å². The molecule has 0 spiro atoms. The Balaban J connectivity index is 0.00000676. The molecule has 2 amide bonds. The fourth-order valence-corrected chi connectivity index (χ4v) is 2.07. The SMILES string of the molecule is CN=C(NCCNC(=O)c1cccc(OC)c1)NCC(=O)NC(C)(C)C.I. The first-order chi connectivity index (χ1) is 12.2. The summed E-state index contributed by atoms with van der Waals surface area (Å²) in [5.74, 6) is 0.823. The van der Waals surface area contributed by atoms with E-state index in [9.17, 15) is 9.59 Å². The molecule has 0 aliphatic heterocycles. The molecule has 0 bridgehead atoms. The molecular weight excluding hydrogens is 461 g/mol. The van der Waals surface area contributed by atoms with E-state index in [0.717, 1.165) is 0 Å². The normalized spacial score (nSPS) is 11.1. The average Bonchev–Trinajstić information content (AvgIpc) is 2.59. The number of guanidine groups is 1. The zero-order chi connectivity index (χ0) is 19.6. The number of aliphatic imine (C=N–C) groups is 1. The zero-order valence-corrected chi connectivity index (χ0v) is 18.8. The zero-order valence-electron chi connectivity index (χ0n) is 16.5. The number of hydrogen-bond acceptors (Lipinski definition) is 4. The van der Waals surface area contributed by atoms with Gasteiger partial charge in [-0.15, -0.1) is 24.0 Å². The van der Waals surface area contributed by atoms with Crippen LogP contribution in [-0.2, 0) is 4.79 Å². The van der Waals surface area contributed by atoms with E-state index >= 15 is 0 Å². The summed E-state index contributed by atoms with van der Waals surface area (Å²) >= 11 is 0. The van der Waals surface area contributed by atoms with Crippen LogP contribution in [0.1, 0.15) is 31.1 Å². The number of hydrogen-bond donors (Lipinski definition) is 4. The van der Waals surface area contributed by atoms with Crippen LogP contribution in [0.2, 0.25) is 0 Å². The highest BCUT2D eigenvalue weighted by atomic mass is 127. The average molecular weight is 491 g/mol. The van der Waals surface area contributed by atoms with E-state index in [-0.39, 0.29) is 47.9 Å². The summed E-state index contributed by atoms with van der Waals surface area (Å²) in [6, 6.07) is 6.95. The molecule has 1 rings (SSSR count). The van der Waals surface area contributed by atoms with Crippen molar-refractivity contribution in [2.45, 2.75) is 26.3 Å². The number of nitrogens with one attached hydrogen (secondary N) is 4. The first kappa shape index (κ1) is 25.0. The molecule has 9 heteroatoms. The third-order valence-electron chi connectivity index (χ3n) is 3.19. The van der Waals surface area contributed by atoms with Gasteiger partial charge < -0.3 is 26.0 Å². The number of rotatable bonds is 7. The summed E-state index contributed by atoms with van der Waals surface area (Å²) in [7, 11) is 3.17. The van der Waals surface area contributed by atoms with Crippen molar-refractivity contribution >= 4 is 41.8 Å². The van der Waals surface area contributed by atoms with Crippen LogP contribution in [0.15, 0.2) is 29.3 Å². The molecule has 0 heterocycles. The fraction of sp³-hybridized carbons (Fsp3) is 0.500. The lowest BCUT2D eigenvalue weighted by Crippen LogP contribution is -2.48. The van der Waals surface area contributed by atoms with Crippen molar-refractivity contribution in [3.05, 3.63) is 29.8 Å². The van der Waals surface area contributed by atoms with Crippen LogP contribution in [-0.4, -0.2) is 57.1 Å². The van der Waals surface area contributed by atoms with E-state index in [0.29, 0.717) is 30.4 Å². The van der Waals surface area contributed by atoms with Crippen LogP contribution in [0.25, 0.3) is 0 Å². The lowest BCUT2D eigenvalue weighted by molar-refractivity contribution is -0.121. The highest BCUT2D eigenvalue weighted by Gasteiger charge is 2.13. The summed E-state index contributed by atoms with van der Waals surface area (Å²) < 4.78 is 5.10. The van der Waals surface area contributed by atoms with Crippen LogP contribution < -0.4 is 26.0 Å². The Kier molecular flexibility index (Phi) is 11.4. The van der Waals surface area contributed by atoms with Gasteiger partial charge in [-0.25, -0.2) is 0 Å². The Labute approximate surface area is 177 Å². The quantitative estimate of drug-likeness (QED) is 0.198. The number of amides is 2. The van der Waals surface area contributed by atoms with Gasteiger partial charge in [-0.2, -0.15) is 0 Å². The first-order valence-electron chi connectivity index (χ1n) is 8.43. The van der Waals surface area contributed by atoms with Crippen molar-refractivity contribution < 1.29 is 14.3 Å². The van der Waals surface area contributed by atoms with Crippen LogP contribution in [0.5, 0.6) is 5.75 Å². The van der Waals surface area contributed by atoms with Gasteiger partial charge in [0.25, 0.3) is 5.91 Å². The largest absolute Gasteiger partial charge is 0.497 e. The molecule has 1 aromatic carbocycles. The molecule has 0 saturated heterocycles. The molecule has 4 N–H and O–H groups in total. The third kappa shape index (κ3) is 10.6. The fourth-order valence-electron chi connectivity index (χ4n) is 2.07.